The summed E-state index contributed by atoms with van der Waals surface area (Å²) in [5.74, 6) is 0.250. The fourth-order valence-corrected chi connectivity index (χ4v) is 1.19. The lowest BCUT2D eigenvalue weighted by Crippen LogP contribution is -2.31. The summed E-state index contributed by atoms with van der Waals surface area (Å²) >= 11 is 0. The highest BCUT2D eigenvalue weighted by atomic mass is 16.4. The Morgan fingerprint density at radius 3 is 2.71 bits per heavy atom. The highest BCUT2D eigenvalue weighted by Gasteiger charge is 2.03. The lowest BCUT2D eigenvalue weighted by atomic mass is 10.2. The molecule has 0 saturated carbocycles. The van der Waals surface area contributed by atoms with Crippen LogP contribution in [0.15, 0.2) is 5.16 Å². The molecular weight excluding hydrogens is 182 g/mol. The number of hydrogen-bond acceptors (Lipinski definition) is 4. The highest BCUT2D eigenvalue weighted by Crippen LogP contribution is 1.95. The molecule has 0 aliphatic rings. The van der Waals surface area contributed by atoms with E-state index in [1.165, 1.54) is 0 Å². The Labute approximate surface area is 85.0 Å². The predicted molar refractivity (Wildman–Crippen MR) is 56.4 cm³/mol. The van der Waals surface area contributed by atoms with E-state index in [2.05, 4.69) is 10.5 Å². The summed E-state index contributed by atoms with van der Waals surface area (Å²) in [6.45, 7) is 3.16. The molecule has 0 radical (unpaired) electrons. The summed E-state index contributed by atoms with van der Waals surface area (Å²) in [6.07, 6.45) is 3.48. The van der Waals surface area contributed by atoms with Gasteiger partial charge in [-0.1, -0.05) is 5.16 Å². The largest absolute Gasteiger partial charge is 0.409 e. The first-order valence-corrected chi connectivity index (χ1v) is 5.01. The highest BCUT2D eigenvalue weighted by molar-refractivity contribution is 5.80. The molecular formula is C9H21N3O2. The SMILES string of the molecule is CC(CC(N)=NO)NCCCCCO. The molecule has 14 heavy (non-hydrogen) atoms. The molecule has 5 N–H and O–H groups in total. The predicted octanol–water partition coefficient (Wildman–Crippen LogP) is 0.264. The van der Waals surface area contributed by atoms with E-state index in [9.17, 15) is 0 Å². The molecule has 0 aromatic heterocycles. The summed E-state index contributed by atoms with van der Waals surface area (Å²) in [4.78, 5) is 0. The Hall–Kier alpha value is -0.810. The quantitative estimate of drug-likeness (QED) is 0.150. The maximum absolute atomic E-state index is 8.55. The third-order valence-electron chi connectivity index (χ3n) is 1.97. The minimum absolute atomic E-state index is 0.222. The summed E-state index contributed by atoms with van der Waals surface area (Å²) in [7, 11) is 0. The second-order valence-electron chi connectivity index (χ2n) is 3.43. The van der Waals surface area contributed by atoms with Gasteiger partial charge in [0.25, 0.3) is 0 Å². The van der Waals surface area contributed by atoms with Crippen LogP contribution >= 0.6 is 0 Å². The van der Waals surface area contributed by atoms with Crippen molar-refractivity contribution in [1.29, 1.82) is 0 Å². The summed E-state index contributed by atoms with van der Waals surface area (Å²) in [5, 5.41) is 23.0. The molecule has 84 valence electrons. The van der Waals surface area contributed by atoms with E-state index in [-0.39, 0.29) is 18.5 Å². The molecule has 0 aliphatic heterocycles. The minimum atomic E-state index is 0.222. The molecule has 0 heterocycles. The first-order valence-electron chi connectivity index (χ1n) is 5.01. The van der Waals surface area contributed by atoms with Gasteiger partial charge in [0, 0.05) is 19.1 Å². The number of nitrogens with two attached hydrogens (primary N) is 1. The summed E-state index contributed by atoms with van der Waals surface area (Å²) in [5.41, 5.74) is 5.35. The first-order chi connectivity index (χ1) is 6.70. The van der Waals surface area contributed by atoms with Crippen LogP contribution < -0.4 is 11.1 Å². The van der Waals surface area contributed by atoms with Gasteiger partial charge in [-0.05, 0) is 32.7 Å². The standard InChI is InChI=1S/C9H21N3O2/c1-8(7-9(10)12-14)11-5-3-2-4-6-13/h8,11,13-14H,2-7H2,1H3,(H2,10,12). The van der Waals surface area contributed by atoms with E-state index < -0.39 is 0 Å². The van der Waals surface area contributed by atoms with Crippen LogP contribution in [0.3, 0.4) is 0 Å². The Morgan fingerprint density at radius 1 is 1.43 bits per heavy atom. The van der Waals surface area contributed by atoms with E-state index >= 15 is 0 Å². The zero-order chi connectivity index (χ0) is 10.8. The normalized spacial score (nSPS) is 14.3. The second kappa shape index (κ2) is 8.77. The number of aliphatic hydroxyl groups excluding tert-OH is 1. The van der Waals surface area contributed by atoms with Gasteiger partial charge in [-0.3, -0.25) is 0 Å². The topological polar surface area (TPSA) is 90.9 Å². The van der Waals surface area contributed by atoms with Crippen molar-refractivity contribution in [2.24, 2.45) is 10.9 Å². The van der Waals surface area contributed by atoms with Crippen molar-refractivity contribution in [3.8, 4) is 0 Å². The van der Waals surface area contributed by atoms with Crippen molar-refractivity contribution in [2.75, 3.05) is 13.2 Å². The third-order valence-corrected chi connectivity index (χ3v) is 1.97. The molecule has 1 unspecified atom stereocenters. The van der Waals surface area contributed by atoms with Crippen molar-refractivity contribution in [3.05, 3.63) is 0 Å². The van der Waals surface area contributed by atoms with E-state index in [4.69, 9.17) is 16.0 Å². The van der Waals surface area contributed by atoms with Crippen molar-refractivity contribution >= 4 is 5.84 Å². The van der Waals surface area contributed by atoms with E-state index in [1.807, 2.05) is 6.92 Å². The fraction of sp³-hybridized carbons (Fsp3) is 0.889. The molecule has 0 rings (SSSR count). The lowest BCUT2D eigenvalue weighted by Gasteiger charge is -2.12. The minimum Gasteiger partial charge on any atom is -0.409 e. The average molecular weight is 203 g/mol. The van der Waals surface area contributed by atoms with Gasteiger partial charge in [-0.15, -0.1) is 0 Å². The average Bonchev–Trinajstić information content (AvgIpc) is 2.17. The molecule has 0 aromatic rings. The Bertz CT molecular complexity index is 162. The van der Waals surface area contributed by atoms with Crippen LogP contribution in [0.2, 0.25) is 0 Å². The molecule has 0 aromatic carbocycles. The summed E-state index contributed by atoms with van der Waals surface area (Å²) in [6, 6.07) is 0.222. The fourth-order valence-electron chi connectivity index (χ4n) is 1.19. The van der Waals surface area contributed by atoms with E-state index in [1.54, 1.807) is 0 Å². The first kappa shape index (κ1) is 13.2. The van der Waals surface area contributed by atoms with Gasteiger partial charge in [0.1, 0.15) is 5.84 Å². The van der Waals surface area contributed by atoms with Gasteiger partial charge in [-0.2, -0.15) is 0 Å². The lowest BCUT2D eigenvalue weighted by molar-refractivity contribution is 0.282. The Morgan fingerprint density at radius 2 is 2.14 bits per heavy atom. The summed E-state index contributed by atoms with van der Waals surface area (Å²) < 4.78 is 0. The second-order valence-corrected chi connectivity index (χ2v) is 3.43. The molecule has 0 spiro atoms. The van der Waals surface area contributed by atoms with Crippen molar-refractivity contribution in [1.82, 2.24) is 5.32 Å². The number of amidine groups is 1. The molecule has 5 heteroatoms. The van der Waals surface area contributed by atoms with Gasteiger partial charge in [-0.25, -0.2) is 0 Å². The number of nitrogens with one attached hydrogen (secondary N) is 1. The molecule has 0 saturated heterocycles. The van der Waals surface area contributed by atoms with Crippen LogP contribution in [0.1, 0.15) is 32.6 Å². The van der Waals surface area contributed by atoms with Gasteiger partial charge in [0.2, 0.25) is 0 Å². The molecule has 5 nitrogen and oxygen atoms in total. The molecule has 0 aliphatic carbocycles. The van der Waals surface area contributed by atoms with E-state index in [0.29, 0.717) is 6.42 Å². The smallest absolute Gasteiger partial charge is 0.140 e. The molecule has 1 atom stereocenters. The third kappa shape index (κ3) is 7.82. The zero-order valence-corrected chi connectivity index (χ0v) is 8.74. The Balaban J connectivity index is 3.31. The van der Waals surface area contributed by atoms with E-state index in [0.717, 1.165) is 25.8 Å². The van der Waals surface area contributed by atoms with Gasteiger partial charge >= 0.3 is 0 Å². The van der Waals surface area contributed by atoms with Crippen molar-refractivity contribution < 1.29 is 10.3 Å². The monoisotopic (exact) mass is 203 g/mol. The van der Waals surface area contributed by atoms with Crippen LogP contribution in [-0.4, -0.2) is 35.3 Å². The van der Waals surface area contributed by atoms with Crippen LogP contribution in [0.25, 0.3) is 0 Å². The van der Waals surface area contributed by atoms with Crippen LogP contribution in [0.5, 0.6) is 0 Å². The van der Waals surface area contributed by atoms with Gasteiger partial charge < -0.3 is 21.4 Å². The number of nitrogens with zero attached hydrogens (tertiary/aromatic N) is 1. The molecule has 0 amide bonds. The number of oxime groups is 1. The van der Waals surface area contributed by atoms with Gasteiger partial charge in [0.05, 0.1) is 0 Å². The van der Waals surface area contributed by atoms with Crippen molar-refractivity contribution in [2.45, 2.75) is 38.6 Å². The Kier molecular flexibility index (Phi) is 8.27. The molecule has 0 fully saturated rings. The van der Waals surface area contributed by atoms with Crippen LogP contribution in [-0.2, 0) is 0 Å². The van der Waals surface area contributed by atoms with Crippen molar-refractivity contribution in [3.63, 3.8) is 0 Å². The zero-order valence-electron chi connectivity index (χ0n) is 8.74. The number of aliphatic hydroxyl groups is 1. The number of hydrogen-bond donors (Lipinski definition) is 4. The van der Waals surface area contributed by atoms with Crippen LogP contribution in [0, 0.1) is 0 Å². The number of rotatable bonds is 8. The van der Waals surface area contributed by atoms with Gasteiger partial charge in [0.15, 0.2) is 0 Å². The maximum atomic E-state index is 8.55. The molecule has 0 bridgehead atoms. The van der Waals surface area contributed by atoms with Crippen LogP contribution in [0.4, 0.5) is 0 Å². The number of unbranched alkanes of at least 4 members (excludes halogenated alkanes) is 2. The maximum Gasteiger partial charge on any atom is 0.140 e.